The monoisotopic (exact) mass is 361 g/mol. The van der Waals surface area contributed by atoms with Gasteiger partial charge in [0.15, 0.2) is 11.5 Å². The molecule has 0 spiro atoms. The van der Waals surface area contributed by atoms with E-state index in [9.17, 15) is 9.59 Å². The molecule has 0 atom stereocenters. The smallest absolute Gasteiger partial charge is 0.254 e. The lowest BCUT2D eigenvalue weighted by Crippen LogP contribution is -2.59. The zero-order valence-electron chi connectivity index (χ0n) is 15.5. The molecule has 1 heterocycles. The molecule has 2 N–H and O–H groups in total. The molecule has 1 saturated carbocycles. The van der Waals surface area contributed by atoms with Crippen molar-refractivity contribution in [2.75, 3.05) is 40.4 Å². The van der Waals surface area contributed by atoms with Gasteiger partial charge in [-0.25, -0.2) is 0 Å². The zero-order chi connectivity index (χ0) is 18.7. The van der Waals surface area contributed by atoms with Crippen LogP contribution in [0.25, 0.3) is 0 Å². The van der Waals surface area contributed by atoms with Crippen LogP contribution in [0.5, 0.6) is 11.5 Å². The lowest BCUT2D eigenvalue weighted by Gasteiger charge is -2.38. The van der Waals surface area contributed by atoms with Gasteiger partial charge in [0, 0.05) is 31.7 Å². The van der Waals surface area contributed by atoms with Crippen molar-refractivity contribution in [3.05, 3.63) is 23.8 Å². The Morgan fingerprint density at radius 1 is 0.962 bits per heavy atom. The molecule has 0 radical (unpaired) electrons. The topological polar surface area (TPSA) is 85.1 Å². The molecular formula is C19H27N3O4. The third-order valence-corrected chi connectivity index (χ3v) is 5.41. The predicted molar refractivity (Wildman–Crippen MR) is 97.4 cm³/mol. The summed E-state index contributed by atoms with van der Waals surface area (Å²) in [5.74, 6) is 1.08. The lowest BCUT2D eigenvalue weighted by atomic mass is 9.97. The van der Waals surface area contributed by atoms with Gasteiger partial charge in [-0.05, 0) is 31.0 Å². The summed E-state index contributed by atoms with van der Waals surface area (Å²) in [5.41, 5.74) is 6.13. The van der Waals surface area contributed by atoms with Crippen LogP contribution >= 0.6 is 0 Å². The molecule has 0 bridgehead atoms. The molecule has 2 fully saturated rings. The Bertz CT molecular complexity index is 677. The minimum atomic E-state index is -0.699. The van der Waals surface area contributed by atoms with Crippen molar-refractivity contribution in [2.24, 2.45) is 5.73 Å². The Balaban J connectivity index is 1.62. The third kappa shape index (κ3) is 3.49. The van der Waals surface area contributed by atoms with Crippen LogP contribution in [0.4, 0.5) is 0 Å². The van der Waals surface area contributed by atoms with E-state index in [2.05, 4.69) is 0 Å². The van der Waals surface area contributed by atoms with Crippen molar-refractivity contribution in [3.8, 4) is 11.5 Å². The van der Waals surface area contributed by atoms with Crippen molar-refractivity contribution >= 4 is 11.8 Å². The molecule has 7 nitrogen and oxygen atoms in total. The molecule has 1 aromatic rings. The lowest BCUT2D eigenvalue weighted by molar-refractivity contribution is -0.138. The fraction of sp³-hybridized carbons (Fsp3) is 0.579. The van der Waals surface area contributed by atoms with E-state index in [0.29, 0.717) is 43.2 Å². The van der Waals surface area contributed by atoms with Crippen LogP contribution in [0.3, 0.4) is 0 Å². The fourth-order valence-corrected chi connectivity index (χ4v) is 3.80. The Morgan fingerprint density at radius 3 is 2.12 bits per heavy atom. The van der Waals surface area contributed by atoms with E-state index in [1.807, 2.05) is 4.90 Å². The highest BCUT2D eigenvalue weighted by atomic mass is 16.5. The van der Waals surface area contributed by atoms with Crippen LogP contribution < -0.4 is 15.2 Å². The fourth-order valence-electron chi connectivity index (χ4n) is 3.80. The van der Waals surface area contributed by atoms with E-state index >= 15 is 0 Å². The van der Waals surface area contributed by atoms with Crippen LogP contribution in [-0.2, 0) is 4.79 Å². The summed E-state index contributed by atoms with van der Waals surface area (Å²) < 4.78 is 10.5. The van der Waals surface area contributed by atoms with Gasteiger partial charge >= 0.3 is 0 Å². The van der Waals surface area contributed by atoms with Crippen molar-refractivity contribution in [1.29, 1.82) is 0 Å². The number of carbonyl (C=O) groups is 2. The van der Waals surface area contributed by atoms with Crippen LogP contribution in [0.2, 0.25) is 0 Å². The first-order chi connectivity index (χ1) is 12.5. The van der Waals surface area contributed by atoms with Crippen LogP contribution in [0.1, 0.15) is 36.0 Å². The Kier molecular flexibility index (Phi) is 5.36. The van der Waals surface area contributed by atoms with Gasteiger partial charge in [0.2, 0.25) is 5.91 Å². The van der Waals surface area contributed by atoms with Crippen LogP contribution in [0, 0.1) is 0 Å². The number of methoxy groups -OCH3 is 2. The van der Waals surface area contributed by atoms with Gasteiger partial charge < -0.3 is 25.0 Å². The van der Waals surface area contributed by atoms with E-state index in [1.165, 1.54) is 0 Å². The number of carbonyl (C=O) groups excluding carboxylic acids is 2. The van der Waals surface area contributed by atoms with Crippen molar-refractivity contribution in [2.45, 2.75) is 31.2 Å². The standard InChI is InChI=1S/C19H27N3O4/c1-25-15-6-5-14(13-16(15)26-2)17(23)21-9-11-22(12-10-21)18(24)19(20)7-3-4-8-19/h5-6,13H,3-4,7-12,20H2,1-2H3. The molecule has 1 aromatic carbocycles. The van der Waals surface area contributed by atoms with E-state index in [0.717, 1.165) is 25.7 Å². The highest BCUT2D eigenvalue weighted by Gasteiger charge is 2.40. The van der Waals surface area contributed by atoms with Gasteiger partial charge in [-0.1, -0.05) is 12.8 Å². The molecular weight excluding hydrogens is 334 g/mol. The summed E-state index contributed by atoms with van der Waals surface area (Å²) in [5, 5.41) is 0. The Hall–Kier alpha value is -2.28. The summed E-state index contributed by atoms with van der Waals surface area (Å²) >= 11 is 0. The normalized spacial score (nSPS) is 19.3. The molecule has 2 aliphatic rings. The van der Waals surface area contributed by atoms with E-state index in [-0.39, 0.29) is 11.8 Å². The predicted octanol–water partition coefficient (Wildman–Crippen LogP) is 1.26. The molecule has 26 heavy (non-hydrogen) atoms. The number of ether oxygens (including phenoxy) is 2. The first kappa shape index (κ1) is 18.5. The highest BCUT2D eigenvalue weighted by Crippen LogP contribution is 2.30. The summed E-state index contributed by atoms with van der Waals surface area (Å²) in [4.78, 5) is 29.0. The number of benzene rings is 1. The maximum absolute atomic E-state index is 12.8. The number of piperazine rings is 1. The van der Waals surface area contributed by atoms with Crippen molar-refractivity contribution in [3.63, 3.8) is 0 Å². The first-order valence-corrected chi connectivity index (χ1v) is 9.08. The van der Waals surface area contributed by atoms with E-state index in [1.54, 1.807) is 37.3 Å². The van der Waals surface area contributed by atoms with Crippen molar-refractivity contribution < 1.29 is 19.1 Å². The number of amides is 2. The average Bonchev–Trinajstić information content (AvgIpc) is 3.14. The minimum Gasteiger partial charge on any atom is -0.493 e. The molecule has 2 amide bonds. The summed E-state index contributed by atoms with van der Waals surface area (Å²) in [6, 6.07) is 5.14. The molecule has 1 aliphatic carbocycles. The van der Waals surface area contributed by atoms with Gasteiger partial charge in [0.05, 0.1) is 19.8 Å². The molecule has 3 rings (SSSR count). The molecule has 7 heteroatoms. The van der Waals surface area contributed by atoms with Gasteiger partial charge in [0.1, 0.15) is 0 Å². The number of hydrogen-bond donors (Lipinski definition) is 1. The van der Waals surface area contributed by atoms with Crippen molar-refractivity contribution in [1.82, 2.24) is 9.80 Å². The van der Waals surface area contributed by atoms with Crippen LogP contribution in [-0.4, -0.2) is 67.6 Å². The second-order valence-corrected chi connectivity index (χ2v) is 7.02. The Morgan fingerprint density at radius 2 is 1.54 bits per heavy atom. The molecule has 0 unspecified atom stereocenters. The van der Waals surface area contributed by atoms with E-state index < -0.39 is 5.54 Å². The Labute approximate surface area is 154 Å². The van der Waals surface area contributed by atoms with Gasteiger partial charge in [-0.2, -0.15) is 0 Å². The quantitative estimate of drug-likeness (QED) is 0.873. The largest absolute Gasteiger partial charge is 0.493 e. The molecule has 142 valence electrons. The second-order valence-electron chi connectivity index (χ2n) is 7.02. The third-order valence-electron chi connectivity index (χ3n) is 5.41. The zero-order valence-corrected chi connectivity index (χ0v) is 15.5. The maximum Gasteiger partial charge on any atom is 0.254 e. The number of hydrogen-bond acceptors (Lipinski definition) is 5. The second kappa shape index (κ2) is 7.53. The number of nitrogens with zero attached hydrogens (tertiary/aromatic N) is 2. The minimum absolute atomic E-state index is 0.0354. The molecule has 1 saturated heterocycles. The van der Waals surface area contributed by atoms with Gasteiger partial charge in [0.25, 0.3) is 5.91 Å². The average molecular weight is 361 g/mol. The summed E-state index contributed by atoms with van der Waals surface area (Å²) in [6.45, 7) is 2.07. The van der Waals surface area contributed by atoms with Gasteiger partial charge in [-0.15, -0.1) is 0 Å². The first-order valence-electron chi connectivity index (χ1n) is 9.08. The number of rotatable bonds is 4. The van der Waals surface area contributed by atoms with E-state index in [4.69, 9.17) is 15.2 Å². The highest BCUT2D eigenvalue weighted by molar-refractivity contribution is 5.95. The molecule has 0 aromatic heterocycles. The summed E-state index contributed by atoms with van der Waals surface area (Å²) in [6.07, 6.45) is 3.55. The SMILES string of the molecule is COc1ccc(C(=O)N2CCN(C(=O)C3(N)CCCC3)CC2)cc1OC. The van der Waals surface area contributed by atoms with Crippen LogP contribution in [0.15, 0.2) is 18.2 Å². The molecule has 1 aliphatic heterocycles. The summed E-state index contributed by atoms with van der Waals surface area (Å²) in [7, 11) is 3.10. The number of nitrogens with two attached hydrogens (primary N) is 1. The van der Waals surface area contributed by atoms with Gasteiger partial charge in [-0.3, -0.25) is 9.59 Å². The maximum atomic E-state index is 12.8.